The van der Waals surface area contributed by atoms with Gasteiger partial charge in [-0.1, -0.05) is 50.8 Å². The van der Waals surface area contributed by atoms with Gasteiger partial charge in [0.1, 0.15) is 11.4 Å². The zero-order valence-electron chi connectivity index (χ0n) is 13.5. The van der Waals surface area contributed by atoms with Crippen LogP contribution in [0.1, 0.15) is 49.5 Å². The molecule has 0 aliphatic carbocycles. The second-order valence-corrected chi connectivity index (χ2v) is 5.52. The van der Waals surface area contributed by atoms with Gasteiger partial charge in [0.05, 0.1) is 6.61 Å². The first kappa shape index (κ1) is 17.0. The van der Waals surface area contributed by atoms with E-state index >= 15 is 0 Å². The van der Waals surface area contributed by atoms with Gasteiger partial charge < -0.3 is 9.84 Å². The fraction of sp³-hybridized carbons (Fsp3) is 0.368. The number of carbonyl (C=O) groups is 1. The maximum atomic E-state index is 10.8. The Morgan fingerprint density at radius 2 is 1.70 bits per heavy atom. The van der Waals surface area contributed by atoms with Crippen LogP contribution in [0.4, 0.5) is 0 Å². The van der Waals surface area contributed by atoms with E-state index in [9.17, 15) is 4.79 Å². The Balaban J connectivity index is 1.85. The van der Waals surface area contributed by atoms with Crippen LogP contribution in [-0.4, -0.2) is 22.7 Å². The number of hydrogen-bond acceptors (Lipinski definition) is 3. The summed E-state index contributed by atoms with van der Waals surface area (Å²) < 4.78 is 5.73. The smallest absolute Gasteiger partial charge is 0.354 e. The average molecular weight is 313 g/mol. The summed E-state index contributed by atoms with van der Waals surface area (Å²) in [5.41, 5.74) is 1.93. The van der Waals surface area contributed by atoms with Crippen LogP contribution >= 0.6 is 0 Å². The summed E-state index contributed by atoms with van der Waals surface area (Å²) in [5, 5.41) is 8.85. The standard InChI is InChI=1S/C19H23NO3/c1-2-3-4-5-6-13-23-17-10-7-15(8-11-17)16-9-12-18(19(21)22)20-14-16/h7-12,14H,2-6,13H2,1H3,(H,21,22). The van der Waals surface area contributed by atoms with Gasteiger partial charge in [0, 0.05) is 11.8 Å². The zero-order valence-corrected chi connectivity index (χ0v) is 13.5. The van der Waals surface area contributed by atoms with E-state index in [4.69, 9.17) is 9.84 Å². The SMILES string of the molecule is CCCCCCCOc1ccc(-c2ccc(C(=O)O)nc2)cc1. The molecule has 23 heavy (non-hydrogen) atoms. The molecule has 1 N–H and O–H groups in total. The lowest BCUT2D eigenvalue weighted by Gasteiger charge is -2.07. The second-order valence-electron chi connectivity index (χ2n) is 5.52. The number of nitrogens with zero attached hydrogens (tertiary/aromatic N) is 1. The maximum absolute atomic E-state index is 10.8. The van der Waals surface area contributed by atoms with E-state index in [0.29, 0.717) is 0 Å². The molecule has 0 saturated carbocycles. The minimum atomic E-state index is -1.01. The molecule has 0 bridgehead atoms. The van der Waals surface area contributed by atoms with E-state index < -0.39 is 5.97 Å². The van der Waals surface area contributed by atoms with Gasteiger partial charge in [-0.3, -0.25) is 0 Å². The van der Waals surface area contributed by atoms with Gasteiger partial charge in [0.2, 0.25) is 0 Å². The number of unbranched alkanes of at least 4 members (excludes halogenated alkanes) is 4. The minimum absolute atomic E-state index is 0.0526. The van der Waals surface area contributed by atoms with Crippen LogP contribution in [0.3, 0.4) is 0 Å². The Morgan fingerprint density at radius 1 is 1.00 bits per heavy atom. The zero-order chi connectivity index (χ0) is 16.5. The number of carboxylic acids is 1. The minimum Gasteiger partial charge on any atom is -0.494 e. The van der Waals surface area contributed by atoms with E-state index in [-0.39, 0.29) is 5.69 Å². The van der Waals surface area contributed by atoms with Gasteiger partial charge in [-0.15, -0.1) is 0 Å². The third-order valence-corrected chi connectivity index (χ3v) is 3.69. The fourth-order valence-corrected chi connectivity index (χ4v) is 2.33. The molecule has 0 saturated heterocycles. The number of carboxylic acid groups (broad SMARTS) is 1. The largest absolute Gasteiger partial charge is 0.494 e. The van der Waals surface area contributed by atoms with Crippen molar-refractivity contribution in [1.82, 2.24) is 4.98 Å². The highest BCUT2D eigenvalue weighted by atomic mass is 16.5. The molecule has 1 aromatic carbocycles. The molecule has 0 amide bonds. The molecule has 122 valence electrons. The predicted octanol–water partition coefficient (Wildman–Crippen LogP) is 4.80. The fourth-order valence-electron chi connectivity index (χ4n) is 2.33. The van der Waals surface area contributed by atoms with Gasteiger partial charge >= 0.3 is 5.97 Å². The number of aromatic nitrogens is 1. The molecule has 4 heteroatoms. The molecule has 0 fully saturated rings. The second kappa shape index (κ2) is 8.93. The van der Waals surface area contributed by atoms with E-state index in [2.05, 4.69) is 11.9 Å². The number of hydrogen-bond donors (Lipinski definition) is 1. The van der Waals surface area contributed by atoms with Crippen LogP contribution in [0.15, 0.2) is 42.6 Å². The molecule has 0 atom stereocenters. The molecule has 0 unspecified atom stereocenters. The molecular formula is C19H23NO3. The Bertz CT molecular complexity index is 606. The number of benzene rings is 1. The van der Waals surface area contributed by atoms with E-state index in [1.54, 1.807) is 12.3 Å². The molecule has 0 aliphatic heterocycles. The van der Waals surface area contributed by atoms with Crippen molar-refractivity contribution in [2.75, 3.05) is 6.61 Å². The highest BCUT2D eigenvalue weighted by Gasteiger charge is 2.05. The maximum Gasteiger partial charge on any atom is 0.354 e. The van der Waals surface area contributed by atoms with Crippen molar-refractivity contribution in [2.24, 2.45) is 0 Å². The van der Waals surface area contributed by atoms with Crippen molar-refractivity contribution in [2.45, 2.75) is 39.0 Å². The predicted molar refractivity (Wildman–Crippen MR) is 90.9 cm³/mol. The van der Waals surface area contributed by atoms with Crippen LogP contribution in [0.5, 0.6) is 5.75 Å². The van der Waals surface area contributed by atoms with Crippen LogP contribution in [0, 0.1) is 0 Å². The van der Waals surface area contributed by atoms with E-state index in [1.807, 2.05) is 24.3 Å². The van der Waals surface area contributed by atoms with Crippen LogP contribution in [0.25, 0.3) is 11.1 Å². The molecule has 1 aromatic heterocycles. The Morgan fingerprint density at radius 3 is 2.30 bits per heavy atom. The van der Waals surface area contributed by atoms with E-state index in [1.165, 1.54) is 31.7 Å². The molecule has 0 aliphatic rings. The summed E-state index contributed by atoms with van der Waals surface area (Å²) in [6.07, 6.45) is 7.70. The number of ether oxygens (including phenoxy) is 1. The van der Waals surface area contributed by atoms with Crippen LogP contribution in [0.2, 0.25) is 0 Å². The van der Waals surface area contributed by atoms with Gasteiger partial charge in [-0.05, 0) is 30.2 Å². The monoisotopic (exact) mass is 313 g/mol. The molecule has 4 nitrogen and oxygen atoms in total. The Kier molecular flexibility index (Phi) is 6.60. The highest BCUT2D eigenvalue weighted by Crippen LogP contribution is 2.22. The number of aromatic carboxylic acids is 1. The van der Waals surface area contributed by atoms with Crippen LogP contribution in [-0.2, 0) is 0 Å². The third kappa shape index (κ3) is 5.40. The van der Waals surface area contributed by atoms with Gasteiger partial charge in [-0.2, -0.15) is 0 Å². The van der Waals surface area contributed by atoms with Crippen molar-refractivity contribution < 1.29 is 14.6 Å². The summed E-state index contributed by atoms with van der Waals surface area (Å²) >= 11 is 0. The lowest BCUT2D eigenvalue weighted by Crippen LogP contribution is -1.99. The topological polar surface area (TPSA) is 59.4 Å². The van der Waals surface area contributed by atoms with Crippen molar-refractivity contribution in [1.29, 1.82) is 0 Å². The van der Waals surface area contributed by atoms with Crippen molar-refractivity contribution in [3.8, 4) is 16.9 Å². The first-order valence-corrected chi connectivity index (χ1v) is 8.13. The average Bonchev–Trinajstić information content (AvgIpc) is 2.58. The van der Waals surface area contributed by atoms with Crippen molar-refractivity contribution in [3.05, 3.63) is 48.3 Å². The summed E-state index contributed by atoms with van der Waals surface area (Å²) in [4.78, 5) is 14.7. The van der Waals surface area contributed by atoms with E-state index in [0.717, 1.165) is 29.9 Å². The quantitative estimate of drug-likeness (QED) is 0.676. The number of pyridine rings is 1. The Labute approximate surface area is 137 Å². The summed E-state index contributed by atoms with van der Waals surface area (Å²) in [5.74, 6) is -0.154. The first-order chi connectivity index (χ1) is 11.2. The van der Waals surface area contributed by atoms with Crippen molar-refractivity contribution in [3.63, 3.8) is 0 Å². The molecule has 2 aromatic rings. The Hall–Kier alpha value is -2.36. The van der Waals surface area contributed by atoms with Gasteiger partial charge in [0.15, 0.2) is 0 Å². The molecule has 1 heterocycles. The highest BCUT2D eigenvalue weighted by molar-refractivity contribution is 5.85. The normalized spacial score (nSPS) is 10.5. The van der Waals surface area contributed by atoms with Crippen molar-refractivity contribution >= 4 is 5.97 Å². The lowest BCUT2D eigenvalue weighted by atomic mass is 10.1. The van der Waals surface area contributed by atoms with Gasteiger partial charge in [-0.25, -0.2) is 9.78 Å². The summed E-state index contributed by atoms with van der Waals surface area (Å²) in [6.45, 7) is 2.96. The third-order valence-electron chi connectivity index (χ3n) is 3.69. The van der Waals surface area contributed by atoms with Gasteiger partial charge in [0.25, 0.3) is 0 Å². The summed E-state index contributed by atoms with van der Waals surface area (Å²) in [7, 11) is 0. The summed E-state index contributed by atoms with van der Waals surface area (Å²) in [6, 6.07) is 11.1. The molecule has 0 spiro atoms. The molecule has 2 rings (SSSR count). The molecule has 0 radical (unpaired) electrons. The first-order valence-electron chi connectivity index (χ1n) is 8.13. The number of rotatable bonds is 9. The lowest BCUT2D eigenvalue weighted by molar-refractivity contribution is 0.0690. The molecular weight excluding hydrogens is 290 g/mol. The van der Waals surface area contributed by atoms with Crippen LogP contribution < -0.4 is 4.74 Å².